The van der Waals surface area contributed by atoms with Gasteiger partial charge in [0.2, 0.25) is 0 Å². The van der Waals surface area contributed by atoms with Gasteiger partial charge in [0.15, 0.2) is 0 Å². The van der Waals surface area contributed by atoms with Gasteiger partial charge in [0, 0.05) is 45.0 Å². The lowest BCUT2D eigenvalue weighted by molar-refractivity contribution is -0.192. The van der Waals surface area contributed by atoms with Crippen molar-refractivity contribution in [1.82, 2.24) is 24.9 Å². The molecule has 0 aromatic carbocycles. The standard InChI is InChI=1S/C16H27N5O.C2HF3O2/c1-13(2)20-11-14(21-15(12-20)6-8-18-21)5-7-17-16(22)19-9-3-4-10-19;3-2(4,5)1(6)7/h6,8,13-14H,3-5,7,9-12H2,1-2H3,(H,17,22);(H,6,7). The Kier molecular flexibility index (Phi) is 7.88. The van der Waals surface area contributed by atoms with E-state index in [1.807, 2.05) is 11.1 Å². The van der Waals surface area contributed by atoms with Crippen LogP contribution < -0.4 is 5.32 Å². The number of carbonyl (C=O) groups excluding carboxylic acids is 1. The Hall–Kier alpha value is -2.30. The summed E-state index contributed by atoms with van der Waals surface area (Å²) < 4.78 is 33.9. The van der Waals surface area contributed by atoms with Crippen molar-refractivity contribution in [2.75, 3.05) is 26.2 Å². The zero-order valence-corrected chi connectivity index (χ0v) is 16.7. The molecule has 0 spiro atoms. The van der Waals surface area contributed by atoms with Gasteiger partial charge >= 0.3 is 18.2 Å². The van der Waals surface area contributed by atoms with Crippen molar-refractivity contribution in [1.29, 1.82) is 0 Å². The van der Waals surface area contributed by atoms with Gasteiger partial charge < -0.3 is 15.3 Å². The maximum absolute atomic E-state index is 12.0. The van der Waals surface area contributed by atoms with Crippen LogP contribution in [0.15, 0.2) is 12.3 Å². The lowest BCUT2D eigenvalue weighted by atomic mass is 10.1. The summed E-state index contributed by atoms with van der Waals surface area (Å²) in [5.74, 6) is -2.76. The summed E-state index contributed by atoms with van der Waals surface area (Å²) in [7, 11) is 0. The molecule has 1 aromatic rings. The number of hydrogen-bond donors (Lipinski definition) is 2. The minimum atomic E-state index is -5.08. The van der Waals surface area contributed by atoms with Crippen LogP contribution in [0, 0.1) is 0 Å². The van der Waals surface area contributed by atoms with Gasteiger partial charge in [0.1, 0.15) is 0 Å². The number of likely N-dealkylation sites (tertiary alicyclic amines) is 1. The minimum absolute atomic E-state index is 0.0923. The normalized spacial score (nSPS) is 19.5. The van der Waals surface area contributed by atoms with Crippen LogP contribution in [0.25, 0.3) is 0 Å². The molecule has 2 aliphatic heterocycles. The van der Waals surface area contributed by atoms with Crippen LogP contribution >= 0.6 is 0 Å². The number of aliphatic carboxylic acids is 1. The number of alkyl halides is 3. The van der Waals surface area contributed by atoms with Crippen LogP contribution in [0.5, 0.6) is 0 Å². The smallest absolute Gasteiger partial charge is 0.475 e. The fourth-order valence-corrected chi connectivity index (χ4v) is 3.40. The lowest BCUT2D eigenvalue weighted by Crippen LogP contribution is -2.43. The first-order valence-electron chi connectivity index (χ1n) is 9.69. The Morgan fingerprint density at radius 1 is 1.31 bits per heavy atom. The second kappa shape index (κ2) is 9.95. The number of amides is 2. The summed E-state index contributed by atoms with van der Waals surface area (Å²) in [4.78, 5) is 25.3. The maximum Gasteiger partial charge on any atom is 0.490 e. The zero-order valence-electron chi connectivity index (χ0n) is 16.7. The van der Waals surface area contributed by atoms with Crippen molar-refractivity contribution < 1.29 is 27.9 Å². The molecule has 8 nitrogen and oxygen atoms in total. The van der Waals surface area contributed by atoms with Crippen LogP contribution in [0.4, 0.5) is 18.0 Å². The third-order valence-electron chi connectivity index (χ3n) is 5.03. The van der Waals surface area contributed by atoms with Crippen LogP contribution in [-0.2, 0) is 11.3 Å². The molecule has 2 aliphatic rings. The van der Waals surface area contributed by atoms with Crippen LogP contribution in [-0.4, -0.2) is 75.1 Å². The molecule has 0 saturated carbocycles. The number of carbonyl (C=O) groups is 2. The van der Waals surface area contributed by atoms with Crippen LogP contribution in [0.2, 0.25) is 0 Å². The molecular weight excluding hydrogens is 391 g/mol. The average molecular weight is 419 g/mol. The van der Waals surface area contributed by atoms with Gasteiger partial charge in [-0.05, 0) is 39.2 Å². The van der Waals surface area contributed by atoms with E-state index in [4.69, 9.17) is 9.90 Å². The first kappa shape index (κ1) is 23.0. The van der Waals surface area contributed by atoms with Gasteiger partial charge in [0.25, 0.3) is 0 Å². The zero-order chi connectivity index (χ0) is 21.6. The first-order chi connectivity index (χ1) is 13.6. The van der Waals surface area contributed by atoms with Gasteiger partial charge in [-0.25, -0.2) is 9.59 Å². The van der Waals surface area contributed by atoms with Crippen molar-refractivity contribution >= 4 is 12.0 Å². The number of rotatable bonds is 4. The lowest BCUT2D eigenvalue weighted by Gasteiger charge is -2.36. The highest BCUT2D eigenvalue weighted by atomic mass is 19.4. The highest BCUT2D eigenvalue weighted by Crippen LogP contribution is 2.24. The number of carboxylic acids is 1. The third-order valence-corrected chi connectivity index (χ3v) is 5.03. The molecule has 2 N–H and O–H groups in total. The van der Waals surface area contributed by atoms with Gasteiger partial charge in [-0.3, -0.25) is 9.58 Å². The highest BCUT2D eigenvalue weighted by Gasteiger charge is 2.38. The summed E-state index contributed by atoms with van der Waals surface area (Å²) in [6.45, 7) is 8.96. The summed E-state index contributed by atoms with van der Waals surface area (Å²) in [6, 6.07) is 3.07. The van der Waals surface area contributed by atoms with Crippen LogP contribution in [0.3, 0.4) is 0 Å². The Balaban J connectivity index is 0.000000370. The molecule has 1 fully saturated rings. The molecule has 164 valence electrons. The number of nitrogens with zero attached hydrogens (tertiary/aromatic N) is 4. The van der Waals surface area contributed by atoms with E-state index >= 15 is 0 Å². The molecule has 11 heteroatoms. The predicted octanol–water partition coefficient (Wildman–Crippen LogP) is 2.48. The number of carboxylic acid groups (broad SMARTS) is 1. The fraction of sp³-hybridized carbons (Fsp3) is 0.722. The van der Waals surface area contributed by atoms with Gasteiger partial charge in [0.05, 0.1) is 11.7 Å². The first-order valence-corrected chi connectivity index (χ1v) is 9.69. The molecule has 1 unspecified atom stereocenters. The van der Waals surface area contributed by atoms with Crippen molar-refractivity contribution in [3.05, 3.63) is 18.0 Å². The van der Waals surface area contributed by atoms with E-state index in [1.54, 1.807) is 0 Å². The van der Waals surface area contributed by atoms with E-state index in [0.29, 0.717) is 18.6 Å². The quantitative estimate of drug-likeness (QED) is 0.783. The monoisotopic (exact) mass is 419 g/mol. The van der Waals surface area contributed by atoms with Crippen LogP contribution in [0.1, 0.15) is 44.8 Å². The average Bonchev–Trinajstić information content (AvgIpc) is 3.32. The summed E-state index contributed by atoms with van der Waals surface area (Å²) >= 11 is 0. The van der Waals surface area contributed by atoms with E-state index in [0.717, 1.165) is 45.4 Å². The van der Waals surface area contributed by atoms with Crippen molar-refractivity contribution in [2.45, 2.75) is 57.9 Å². The van der Waals surface area contributed by atoms with Gasteiger partial charge in [-0.2, -0.15) is 18.3 Å². The summed E-state index contributed by atoms with van der Waals surface area (Å²) in [6.07, 6.45) is -0.00145. The van der Waals surface area contributed by atoms with Gasteiger partial charge in [-0.1, -0.05) is 0 Å². The summed E-state index contributed by atoms with van der Waals surface area (Å²) in [5, 5.41) is 14.7. The van der Waals surface area contributed by atoms with Crippen molar-refractivity contribution in [3.8, 4) is 0 Å². The molecule has 1 aromatic heterocycles. The number of urea groups is 1. The van der Waals surface area contributed by atoms with Crippen molar-refractivity contribution in [3.63, 3.8) is 0 Å². The van der Waals surface area contributed by atoms with Crippen molar-refractivity contribution in [2.24, 2.45) is 0 Å². The molecule has 1 atom stereocenters. The van der Waals surface area contributed by atoms with E-state index in [9.17, 15) is 18.0 Å². The Morgan fingerprint density at radius 3 is 2.48 bits per heavy atom. The molecule has 3 rings (SSSR count). The van der Waals surface area contributed by atoms with E-state index in [2.05, 4.69) is 39.9 Å². The maximum atomic E-state index is 12.0. The summed E-state index contributed by atoms with van der Waals surface area (Å²) in [5.41, 5.74) is 1.27. The second-order valence-electron chi connectivity index (χ2n) is 7.46. The largest absolute Gasteiger partial charge is 0.490 e. The van der Waals surface area contributed by atoms with Gasteiger partial charge in [-0.15, -0.1) is 0 Å². The number of nitrogens with one attached hydrogen (secondary N) is 1. The molecule has 1 saturated heterocycles. The number of halogens is 3. The Labute approximate surface area is 167 Å². The molecule has 0 radical (unpaired) electrons. The fourth-order valence-electron chi connectivity index (χ4n) is 3.40. The number of hydrogen-bond acceptors (Lipinski definition) is 4. The molecule has 29 heavy (non-hydrogen) atoms. The van der Waals surface area contributed by atoms with E-state index in [-0.39, 0.29) is 6.03 Å². The molecule has 3 heterocycles. The third kappa shape index (κ3) is 6.62. The van der Waals surface area contributed by atoms with E-state index < -0.39 is 12.1 Å². The second-order valence-corrected chi connectivity index (χ2v) is 7.46. The van der Waals surface area contributed by atoms with E-state index in [1.165, 1.54) is 5.69 Å². The number of fused-ring (bicyclic) bond motifs is 1. The Morgan fingerprint density at radius 2 is 1.93 bits per heavy atom. The molecule has 2 amide bonds. The SMILES string of the molecule is CC(C)N1Cc2ccnn2C(CCNC(=O)N2CCCC2)C1.O=C(O)C(F)(F)F. The highest BCUT2D eigenvalue weighted by molar-refractivity contribution is 5.74. The molecule has 0 aliphatic carbocycles. The molecular formula is C18H28F3N5O3. The minimum Gasteiger partial charge on any atom is -0.475 e. The Bertz CT molecular complexity index is 687. The topological polar surface area (TPSA) is 90.7 Å². The molecule has 0 bridgehead atoms. The predicted molar refractivity (Wildman–Crippen MR) is 99.3 cm³/mol. The number of aromatic nitrogens is 2.